The predicted molar refractivity (Wildman–Crippen MR) is 258 cm³/mol. The molecular weight excluding hydrogens is 737 g/mol. The molecule has 0 amide bonds. The zero-order valence-corrected chi connectivity index (χ0v) is 35.4. The van der Waals surface area contributed by atoms with Gasteiger partial charge in [0, 0.05) is 38.6 Å². The molecular formula is C57H44BN3. The van der Waals surface area contributed by atoms with Gasteiger partial charge in [-0.2, -0.15) is 5.26 Å². The first-order valence-electron chi connectivity index (χ1n) is 21.5. The fourth-order valence-electron chi connectivity index (χ4n) is 10.6. The largest absolute Gasteiger partial charge is 0.310 e. The minimum Gasteiger partial charge on any atom is -0.310 e. The molecule has 3 nitrogen and oxygen atoms in total. The quantitative estimate of drug-likeness (QED) is 0.164. The van der Waals surface area contributed by atoms with Crippen molar-refractivity contribution in [1.29, 1.82) is 5.26 Å². The van der Waals surface area contributed by atoms with Crippen LogP contribution in [0.3, 0.4) is 0 Å². The highest BCUT2D eigenvalue weighted by Gasteiger charge is 2.44. The van der Waals surface area contributed by atoms with Crippen molar-refractivity contribution in [2.75, 3.05) is 0 Å². The van der Waals surface area contributed by atoms with Crippen LogP contribution >= 0.6 is 0 Å². The third-order valence-corrected chi connectivity index (χ3v) is 13.6. The maximum Gasteiger partial charge on any atom is 0.253 e. The van der Waals surface area contributed by atoms with E-state index < -0.39 is 0 Å². The van der Waals surface area contributed by atoms with Gasteiger partial charge in [0.15, 0.2) is 0 Å². The zero-order chi connectivity index (χ0) is 41.5. The van der Waals surface area contributed by atoms with E-state index in [1.54, 1.807) is 0 Å². The van der Waals surface area contributed by atoms with Gasteiger partial charge in [-0.15, -0.1) is 0 Å². The first kappa shape index (κ1) is 35.8. The third-order valence-electron chi connectivity index (χ3n) is 13.6. The number of nitriles is 1. The van der Waals surface area contributed by atoms with Crippen LogP contribution in [0.25, 0.3) is 88.4 Å². The Labute approximate surface area is 357 Å². The van der Waals surface area contributed by atoms with Crippen molar-refractivity contribution >= 4 is 66.6 Å². The first-order chi connectivity index (χ1) is 29.5. The van der Waals surface area contributed by atoms with Gasteiger partial charge in [0.25, 0.3) is 6.71 Å². The van der Waals surface area contributed by atoms with Crippen LogP contribution in [0.5, 0.6) is 0 Å². The highest BCUT2D eigenvalue weighted by atomic mass is 15.0. The maximum absolute atomic E-state index is 9.80. The lowest BCUT2D eigenvalue weighted by molar-refractivity contribution is 0.590. The Morgan fingerprint density at radius 3 is 1.80 bits per heavy atom. The first-order valence-corrected chi connectivity index (χ1v) is 21.5. The van der Waals surface area contributed by atoms with Crippen LogP contribution in [-0.4, -0.2) is 15.8 Å². The lowest BCUT2D eigenvalue weighted by Crippen LogP contribution is -2.60. The van der Waals surface area contributed by atoms with Gasteiger partial charge >= 0.3 is 0 Å². The van der Waals surface area contributed by atoms with Crippen LogP contribution in [-0.2, 0) is 10.8 Å². The van der Waals surface area contributed by atoms with Crippen molar-refractivity contribution < 1.29 is 0 Å². The Morgan fingerprint density at radius 2 is 1.11 bits per heavy atom. The molecule has 0 aliphatic carbocycles. The van der Waals surface area contributed by atoms with Gasteiger partial charge in [0.05, 0.1) is 28.4 Å². The fraction of sp³-hybridized carbons (Fsp3) is 0.140. The molecule has 61 heavy (non-hydrogen) atoms. The van der Waals surface area contributed by atoms with Crippen LogP contribution in [0.15, 0.2) is 158 Å². The monoisotopic (exact) mass is 781 g/mol. The summed E-state index contributed by atoms with van der Waals surface area (Å²) in [6, 6.07) is 61.0. The lowest BCUT2D eigenvalue weighted by atomic mass is 9.33. The Hall–Kier alpha value is -7.09. The van der Waals surface area contributed by atoms with E-state index in [2.05, 4.69) is 202 Å². The second-order valence-electron chi connectivity index (χ2n) is 19.3. The van der Waals surface area contributed by atoms with E-state index in [1.807, 2.05) is 12.1 Å². The van der Waals surface area contributed by atoms with Gasteiger partial charge in [0.1, 0.15) is 0 Å². The van der Waals surface area contributed by atoms with Crippen LogP contribution in [0.1, 0.15) is 58.2 Å². The predicted octanol–water partition coefficient (Wildman–Crippen LogP) is 12.5. The summed E-state index contributed by atoms with van der Waals surface area (Å²) in [7, 11) is 0. The van der Waals surface area contributed by atoms with E-state index >= 15 is 0 Å². The van der Waals surface area contributed by atoms with Crippen LogP contribution in [0, 0.1) is 11.3 Å². The Balaban J connectivity index is 1.35. The molecule has 12 rings (SSSR count). The molecule has 290 valence electrons. The molecule has 0 unspecified atom stereocenters. The van der Waals surface area contributed by atoms with Crippen molar-refractivity contribution in [3.8, 4) is 51.0 Å². The van der Waals surface area contributed by atoms with Gasteiger partial charge in [-0.1, -0.05) is 151 Å². The van der Waals surface area contributed by atoms with Gasteiger partial charge in [0.2, 0.25) is 0 Å². The molecule has 8 aromatic carbocycles. The Bertz CT molecular complexity index is 3530. The molecule has 10 aromatic rings. The van der Waals surface area contributed by atoms with Crippen LogP contribution in [0.4, 0.5) is 0 Å². The summed E-state index contributed by atoms with van der Waals surface area (Å²) >= 11 is 0. The van der Waals surface area contributed by atoms with Crippen molar-refractivity contribution in [3.63, 3.8) is 0 Å². The van der Waals surface area contributed by atoms with Gasteiger partial charge in [-0.3, -0.25) is 0 Å². The maximum atomic E-state index is 9.80. The van der Waals surface area contributed by atoms with Crippen molar-refractivity contribution in [2.45, 2.75) is 52.4 Å². The van der Waals surface area contributed by atoms with Crippen molar-refractivity contribution in [1.82, 2.24) is 9.13 Å². The number of fused-ring (bicyclic) bond motifs is 9. The summed E-state index contributed by atoms with van der Waals surface area (Å²) < 4.78 is 5.22. The van der Waals surface area contributed by atoms with Gasteiger partial charge < -0.3 is 9.13 Å². The molecule has 2 aromatic heterocycles. The molecule has 0 saturated carbocycles. The topological polar surface area (TPSA) is 33.6 Å². The van der Waals surface area contributed by atoms with E-state index in [1.165, 1.54) is 105 Å². The molecule has 4 heterocycles. The van der Waals surface area contributed by atoms with E-state index in [4.69, 9.17) is 0 Å². The molecule has 4 heteroatoms. The molecule has 2 aliphatic heterocycles. The van der Waals surface area contributed by atoms with Crippen LogP contribution in [0.2, 0.25) is 0 Å². The van der Waals surface area contributed by atoms with Crippen molar-refractivity contribution in [2.24, 2.45) is 0 Å². The molecule has 0 spiro atoms. The molecule has 0 atom stereocenters. The van der Waals surface area contributed by atoms with E-state index in [0.717, 1.165) is 11.1 Å². The fourth-order valence-corrected chi connectivity index (χ4v) is 10.6. The summed E-state index contributed by atoms with van der Waals surface area (Å²) in [5.74, 6) is 0. The minimum absolute atomic E-state index is 0.00502. The molecule has 0 radical (unpaired) electrons. The molecule has 2 aliphatic rings. The second kappa shape index (κ2) is 12.5. The third kappa shape index (κ3) is 5.04. The summed E-state index contributed by atoms with van der Waals surface area (Å²) in [5, 5.41) is 16.2. The number of aromatic nitrogens is 2. The summed E-state index contributed by atoms with van der Waals surface area (Å²) in [6.45, 7) is 14.0. The van der Waals surface area contributed by atoms with Gasteiger partial charge in [-0.25, -0.2) is 0 Å². The molecule has 0 N–H and O–H groups in total. The lowest BCUT2D eigenvalue weighted by Gasteiger charge is -2.36. The standard InChI is InChI=1S/C57H44BN3/c1-56(2,3)40-25-26-47-43(30-40)44-31-41(57(4,5)6)32-46-54(44)60(47)48-28-39(35-23-21-34(33-59)22-24-35)29-49-52(48)58(46)51-42-20-14-13-19-38(42)27-45-50(36-15-9-7-10-16-36)53(61(49)55(45)51)37-17-11-8-12-18-37/h7-32H,1-6H3. The average molecular weight is 782 g/mol. The normalized spacial score (nSPS) is 13.0. The summed E-state index contributed by atoms with van der Waals surface area (Å²) in [6.07, 6.45) is 0. The summed E-state index contributed by atoms with van der Waals surface area (Å²) in [4.78, 5) is 0. The number of hydrogen-bond acceptors (Lipinski definition) is 1. The number of hydrogen-bond donors (Lipinski definition) is 0. The van der Waals surface area contributed by atoms with Crippen molar-refractivity contribution in [3.05, 3.63) is 174 Å². The highest BCUT2D eigenvalue weighted by Crippen LogP contribution is 2.47. The molecule has 0 bridgehead atoms. The zero-order valence-electron chi connectivity index (χ0n) is 35.4. The highest BCUT2D eigenvalue weighted by molar-refractivity contribution is 7.01. The number of rotatable bonds is 3. The van der Waals surface area contributed by atoms with E-state index in [0.29, 0.717) is 5.56 Å². The van der Waals surface area contributed by atoms with Crippen LogP contribution < -0.4 is 16.4 Å². The van der Waals surface area contributed by atoms with Gasteiger partial charge in [-0.05, 0) is 120 Å². The number of nitrogens with zero attached hydrogens (tertiary/aromatic N) is 3. The second-order valence-corrected chi connectivity index (χ2v) is 19.3. The summed E-state index contributed by atoms with van der Waals surface area (Å²) in [5.41, 5.74) is 20.6. The molecule has 0 saturated heterocycles. The van der Waals surface area contributed by atoms with E-state index in [9.17, 15) is 5.26 Å². The average Bonchev–Trinajstić information content (AvgIpc) is 3.79. The Kier molecular flexibility index (Phi) is 7.33. The SMILES string of the molecule is CC(C)(C)c1ccc2c(c1)c1cc(C(C)(C)C)cc3c1n2-c1cc(-c2ccc(C#N)cc2)cc2c1B3c1c3ccccc3cc3c(-c4ccccc4)c(-c4ccccc4)n-2c13. The minimum atomic E-state index is -0.0762. The number of benzene rings is 8. The molecule has 0 fully saturated rings. The Morgan fingerprint density at radius 1 is 0.475 bits per heavy atom. The smallest absolute Gasteiger partial charge is 0.253 e. The van der Waals surface area contributed by atoms with E-state index in [-0.39, 0.29) is 17.5 Å².